The summed E-state index contributed by atoms with van der Waals surface area (Å²) in [4.78, 5) is 2.86. The molecule has 1 aromatic carbocycles. The highest BCUT2D eigenvalue weighted by molar-refractivity contribution is 5.61. The van der Waals surface area contributed by atoms with E-state index >= 15 is 0 Å². The molecule has 0 aliphatic heterocycles. The maximum Gasteiger partial charge on any atom is 0.113 e. The summed E-state index contributed by atoms with van der Waals surface area (Å²) >= 11 is 0. The fourth-order valence-corrected chi connectivity index (χ4v) is 1.47. The van der Waals surface area contributed by atoms with Crippen molar-refractivity contribution in [2.45, 2.75) is 6.92 Å². The Balaban J connectivity index is 0.000000181. The molecule has 0 atom stereocenters. The van der Waals surface area contributed by atoms with E-state index in [-0.39, 0.29) is 0 Å². The van der Waals surface area contributed by atoms with Crippen molar-refractivity contribution in [1.82, 2.24) is 20.4 Å². The molecule has 3 aromatic rings. The van der Waals surface area contributed by atoms with Crippen molar-refractivity contribution in [3.05, 3.63) is 60.6 Å². The van der Waals surface area contributed by atoms with Gasteiger partial charge in [-0.15, -0.1) is 0 Å². The molecule has 2 N–H and O–H groups in total. The van der Waals surface area contributed by atoms with E-state index in [9.17, 15) is 0 Å². The third-order valence-electron chi connectivity index (χ3n) is 2.33. The number of rotatable bonds is 1. The lowest BCUT2D eigenvalue weighted by Crippen LogP contribution is -1.81. The third kappa shape index (κ3) is 3.04. The molecule has 0 spiro atoms. The Bertz CT molecular complexity index is 509. The van der Waals surface area contributed by atoms with Crippen molar-refractivity contribution in [2.75, 3.05) is 0 Å². The minimum Gasteiger partial charge on any atom is -0.368 e. The van der Waals surface area contributed by atoms with Crippen molar-refractivity contribution in [3.8, 4) is 11.3 Å². The van der Waals surface area contributed by atoms with Crippen LogP contribution in [0.3, 0.4) is 0 Å². The van der Waals surface area contributed by atoms with E-state index in [0.29, 0.717) is 0 Å². The number of benzene rings is 1. The molecule has 2 aromatic heterocycles. The molecule has 0 aliphatic carbocycles. The van der Waals surface area contributed by atoms with E-state index in [4.69, 9.17) is 0 Å². The zero-order valence-electron chi connectivity index (χ0n) is 9.59. The Labute approximate surface area is 99.7 Å². The van der Waals surface area contributed by atoms with Crippen LogP contribution in [-0.4, -0.2) is 20.4 Å². The van der Waals surface area contributed by atoms with Crippen LogP contribution in [0.2, 0.25) is 0 Å². The normalized spacial score (nSPS) is 9.47. The van der Waals surface area contributed by atoms with Gasteiger partial charge in [-0.2, -0.15) is 15.4 Å². The first-order chi connectivity index (χ1) is 8.38. The Morgan fingerprint density at radius 1 is 1.00 bits per heavy atom. The van der Waals surface area contributed by atoms with Crippen molar-refractivity contribution < 1.29 is 0 Å². The molecule has 4 heteroatoms. The van der Waals surface area contributed by atoms with Crippen molar-refractivity contribution in [2.24, 2.45) is 0 Å². The first kappa shape index (κ1) is 11.1. The minimum absolute atomic E-state index is 0.896. The van der Waals surface area contributed by atoms with Crippen LogP contribution in [0, 0.1) is 6.92 Å². The van der Waals surface area contributed by atoms with Gasteiger partial charge < -0.3 is 4.98 Å². The van der Waals surface area contributed by atoms with E-state index in [1.54, 1.807) is 6.20 Å². The second kappa shape index (κ2) is 5.65. The topological polar surface area (TPSA) is 57.4 Å². The van der Waals surface area contributed by atoms with Crippen molar-refractivity contribution >= 4 is 0 Å². The van der Waals surface area contributed by atoms with Crippen LogP contribution in [0.4, 0.5) is 0 Å². The van der Waals surface area contributed by atoms with Gasteiger partial charge in [-0.1, -0.05) is 24.3 Å². The molecule has 0 saturated heterocycles. The van der Waals surface area contributed by atoms with Crippen LogP contribution in [0.5, 0.6) is 0 Å². The second-order valence-electron chi connectivity index (χ2n) is 3.56. The molecule has 4 nitrogen and oxygen atoms in total. The zero-order chi connectivity index (χ0) is 11.9. The highest BCUT2D eigenvalue weighted by atomic mass is 15.3. The van der Waals surface area contributed by atoms with E-state index in [2.05, 4.69) is 33.4 Å². The smallest absolute Gasteiger partial charge is 0.113 e. The summed E-state index contributed by atoms with van der Waals surface area (Å²) in [6, 6.07) is 12.0. The van der Waals surface area contributed by atoms with Crippen LogP contribution >= 0.6 is 0 Å². The lowest BCUT2D eigenvalue weighted by Gasteiger charge is -1.98. The molecule has 0 saturated carbocycles. The van der Waals surface area contributed by atoms with E-state index in [1.165, 1.54) is 5.56 Å². The first-order valence-electron chi connectivity index (χ1n) is 5.37. The second-order valence-corrected chi connectivity index (χ2v) is 3.56. The van der Waals surface area contributed by atoms with E-state index in [0.717, 1.165) is 11.3 Å². The van der Waals surface area contributed by atoms with Gasteiger partial charge in [0, 0.05) is 18.0 Å². The number of hydrogen-bond acceptors (Lipinski definition) is 2. The van der Waals surface area contributed by atoms with Gasteiger partial charge in [-0.05, 0) is 24.6 Å². The number of nitrogens with zero attached hydrogens (tertiary/aromatic N) is 2. The minimum atomic E-state index is 0.896. The molecule has 0 aliphatic rings. The van der Waals surface area contributed by atoms with Gasteiger partial charge >= 0.3 is 0 Å². The van der Waals surface area contributed by atoms with Crippen LogP contribution in [0.15, 0.2) is 55.0 Å². The van der Waals surface area contributed by atoms with E-state index < -0.39 is 0 Å². The number of aromatic amines is 2. The lowest BCUT2D eigenvalue weighted by molar-refractivity contribution is 0.942. The van der Waals surface area contributed by atoms with Gasteiger partial charge in [0.25, 0.3) is 0 Å². The predicted octanol–water partition coefficient (Wildman–Crippen LogP) is 2.79. The lowest BCUT2D eigenvalue weighted by atomic mass is 10.1. The number of hydrogen-bond donors (Lipinski definition) is 2. The highest BCUT2D eigenvalue weighted by Gasteiger charge is 2.01. The molecule has 17 heavy (non-hydrogen) atoms. The van der Waals surface area contributed by atoms with Gasteiger partial charge in [0.05, 0.1) is 6.20 Å². The van der Waals surface area contributed by atoms with Gasteiger partial charge in [-0.3, -0.25) is 0 Å². The van der Waals surface area contributed by atoms with Crippen molar-refractivity contribution in [1.29, 1.82) is 0 Å². The SMILES string of the molecule is Cc1ccccc1-c1cn[nH]n1.c1cc[nH]c1. The standard InChI is InChI=1S/C9H9N3.C4H5N/c1-7-4-2-3-5-8(7)9-6-10-12-11-9;1-2-4-5-3-1/h2-6H,1H3,(H,10,11,12);1-5H. The molecule has 2 heterocycles. The monoisotopic (exact) mass is 226 g/mol. The van der Waals surface area contributed by atoms with Gasteiger partial charge in [0.15, 0.2) is 0 Å². The Morgan fingerprint density at radius 3 is 2.29 bits per heavy atom. The van der Waals surface area contributed by atoms with Gasteiger partial charge in [0.1, 0.15) is 5.69 Å². The Hall–Kier alpha value is -2.36. The maximum atomic E-state index is 4.01. The Kier molecular flexibility index (Phi) is 3.70. The van der Waals surface area contributed by atoms with Gasteiger partial charge in [-0.25, -0.2) is 0 Å². The van der Waals surface area contributed by atoms with Crippen LogP contribution in [0.1, 0.15) is 5.56 Å². The molecular formula is C13H14N4. The largest absolute Gasteiger partial charge is 0.368 e. The molecule has 0 bridgehead atoms. The van der Waals surface area contributed by atoms with Crippen LogP contribution in [0.25, 0.3) is 11.3 Å². The molecule has 86 valence electrons. The number of H-pyrrole nitrogens is 2. The summed E-state index contributed by atoms with van der Waals surface area (Å²) in [6.45, 7) is 2.06. The summed E-state index contributed by atoms with van der Waals surface area (Å²) in [6.07, 6.45) is 5.47. The average molecular weight is 226 g/mol. The highest BCUT2D eigenvalue weighted by Crippen LogP contribution is 2.18. The number of aromatic nitrogens is 4. The molecule has 0 amide bonds. The first-order valence-corrected chi connectivity index (χ1v) is 5.37. The molecule has 0 radical (unpaired) electrons. The number of aryl methyl sites for hydroxylation is 1. The van der Waals surface area contributed by atoms with Crippen molar-refractivity contribution in [3.63, 3.8) is 0 Å². The third-order valence-corrected chi connectivity index (χ3v) is 2.33. The van der Waals surface area contributed by atoms with Gasteiger partial charge in [0.2, 0.25) is 0 Å². The Morgan fingerprint density at radius 2 is 1.76 bits per heavy atom. The summed E-state index contributed by atoms with van der Waals surface area (Å²) < 4.78 is 0. The molecule has 0 unspecified atom stereocenters. The maximum absolute atomic E-state index is 4.01. The predicted molar refractivity (Wildman–Crippen MR) is 67.3 cm³/mol. The van der Waals surface area contributed by atoms with E-state index in [1.807, 2.05) is 42.7 Å². The summed E-state index contributed by atoms with van der Waals surface area (Å²) in [7, 11) is 0. The molecular weight excluding hydrogens is 212 g/mol. The summed E-state index contributed by atoms with van der Waals surface area (Å²) in [5, 5.41) is 10.4. The van der Waals surface area contributed by atoms with Crippen LogP contribution < -0.4 is 0 Å². The summed E-state index contributed by atoms with van der Waals surface area (Å²) in [5.74, 6) is 0. The fourth-order valence-electron chi connectivity index (χ4n) is 1.47. The molecule has 3 rings (SSSR count). The fraction of sp³-hybridized carbons (Fsp3) is 0.0769. The summed E-state index contributed by atoms with van der Waals surface area (Å²) in [5.41, 5.74) is 3.24. The molecule has 0 fully saturated rings. The quantitative estimate of drug-likeness (QED) is 0.670. The average Bonchev–Trinajstić information content (AvgIpc) is 3.06. The van der Waals surface area contributed by atoms with Crippen LogP contribution in [-0.2, 0) is 0 Å². The number of nitrogens with one attached hydrogen (secondary N) is 2. The zero-order valence-corrected chi connectivity index (χ0v) is 9.59.